The van der Waals surface area contributed by atoms with E-state index in [-0.39, 0.29) is 29.6 Å². The molecule has 1 saturated heterocycles. The highest BCUT2D eigenvalue weighted by molar-refractivity contribution is 5.76. The molecule has 4 nitrogen and oxygen atoms in total. The predicted octanol–water partition coefficient (Wildman–Crippen LogP) is -0.853. The number of cyclic esters (lactones) is 1. The molecule has 2 aliphatic carbocycles. The average molecular weight is 184 g/mol. The molecule has 72 valence electrons. The lowest BCUT2D eigenvalue weighted by Crippen LogP contribution is -2.31. The molecule has 1 heterocycles. The third-order valence-electron chi connectivity index (χ3n) is 3.90. The number of fused-ring (bicyclic) bond motifs is 5. The second-order valence-electron chi connectivity index (χ2n) is 4.35. The van der Waals surface area contributed by atoms with Crippen LogP contribution in [0, 0.1) is 23.7 Å². The number of aliphatic hydroxyl groups is 2. The third-order valence-corrected chi connectivity index (χ3v) is 3.90. The predicted molar refractivity (Wildman–Crippen MR) is 41.5 cm³/mol. The highest BCUT2D eigenvalue weighted by Crippen LogP contribution is 2.55. The quantitative estimate of drug-likeness (QED) is 0.481. The van der Waals surface area contributed by atoms with Gasteiger partial charge in [-0.15, -0.1) is 0 Å². The molecule has 0 amide bonds. The number of carbonyl (C=O) groups excluding carboxylic acids is 1. The number of hydrogen-bond acceptors (Lipinski definition) is 4. The Labute approximate surface area is 75.5 Å². The van der Waals surface area contributed by atoms with Crippen molar-refractivity contribution in [3.8, 4) is 0 Å². The lowest BCUT2D eigenvalue weighted by atomic mass is 9.80. The van der Waals surface area contributed by atoms with E-state index in [0.29, 0.717) is 13.0 Å². The molecule has 0 aromatic heterocycles. The van der Waals surface area contributed by atoms with Gasteiger partial charge in [-0.25, -0.2) is 0 Å². The maximum absolute atomic E-state index is 11.3. The number of hydrogen-bond donors (Lipinski definition) is 2. The molecule has 13 heavy (non-hydrogen) atoms. The van der Waals surface area contributed by atoms with Crippen molar-refractivity contribution in [2.75, 3.05) is 6.61 Å². The van der Waals surface area contributed by atoms with Crippen molar-refractivity contribution in [3.63, 3.8) is 0 Å². The van der Waals surface area contributed by atoms with E-state index in [1.54, 1.807) is 0 Å². The first kappa shape index (κ1) is 7.76. The van der Waals surface area contributed by atoms with Crippen LogP contribution in [0.5, 0.6) is 0 Å². The summed E-state index contributed by atoms with van der Waals surface area (Å²) in [5.41, 5.74) is 0. The minimum Gasteiger partial charge on any atom is -0.465 e. The lowest BCUT2D eigenvalue weighted by Gasteiger charge is -2.23. The maximum Gasteiger partial charge on any atom is 0.309 e. The zero-order chi connectivity index (χ0) is 9.16. The fourth-order valence-corrected chi connectivity index (χ4v) is 3.38. The molecule has 2 N–H and O–H groups in total. The van der Waals surface area contributed by atoms with E-state index in [1.807, 2.05) is 0 Å². The van der Waals surface area contributed by atoms with Crippen LogP contribution in [0.2, 0.25) is 0 Å². The second kappa shape index (κ2) is 2.25. The van der Waals surface area contributed by atoms with Crippen molar-refractivity contribution >= 4 is 5.97 Å². The molecule has 3 rings (SSSR count). The average Bonchev–Trinajstić information content (AvgIpc) is 2.64. The van der Waals surface area contributed by atoms with E-state index < -0.39 is 12.2 Å². The lowest BCUT2D eigenvalue weighted by molar-refractivity contribution is -0.143. The Hall–Kier alpha value is -0.610. The Morgan fingerprint density at radius 3 is 2.85 bits per heavy atom. The summed E-state index contributed by atoms with van der Waals surface area (Å²) < 4.78 is 4.94. The SMILES string of the molecule is O=C1OC[C@H]2[C@@H]1[C@H]1C[C@@H](O)[C@@H]2[C@@H]1O. The molecule has 3 fully saturated rings. The Balaban J connectivity index is 1.98. The number of esters is 1. The Morgan fingerprint density at radius 2 is 2.08 bits per heavy atom. The minimum absolute atomic E-state index is 0.0556. The summed E-state index contributed by atoms with van der Waals surface area (Å²) in [6.07, 6.45) is -0.365. The van der Waals surface area contributed by atoms with Gasteiger partial charge in [0.2, 0.25) is 0 Å². The van der Waals surface area contributed by atoms with Crippen LogP contribution in [0.4, 0.5) is 0 Å². The van der Waals surface area contributed by atoms with Crippen LogP contribution in [-0.2, 0) is 9.53 Å². The highest BCUT2D eigenvalue weighted by atomic mass is 16.5. The molecule has 1 aliphatic heterocycles. The number of carbonyl (C=O) groups is 1. The van der Waals surface area contributed by atoms with E-state index in [0.717, 1.165) is 0 Å². The van der Waals surface area contributed by atoms with E-state index in [4.69, 9.17) is 4.74 Å². The molecule has 0 unspecified atom stereocenters. The molecular formula is C9H12O4. The summed E-state index contributed by atoms with van der Waals surface area (Å²) in [6, 6.07) is 0. The summed E-state index contributed by atoms with van der Waals surface area (Å²) in [7, 11) is 0. The summed E-state index contributed by atoms with van der Waals surface area (Å²) in [5, 5.41) is 19.4. The molecular weight excluding hydrogens is 172 g/mol. The van der Waals surface area contributed by atoms with Crippen molar-refractivity contribution in [3.05, 3.63) is 0 Å². The van der Waals surface area contributed by atoms with E-state index >= 15 is 0 Å². The van der Waals surface area contributed by atoms with Crippen LogP contribution in [0.15, 0.2) is 0 Å². The third kappa shape index (κ3) is 0.758. The monoisotopic (exact) mass is 184 g/mol. The van der Waals surface area contributed by atoms with Crippen LogP contribution in [-0.4, -0.2) is 35.0 Å². The van der Waals surface area contributed by atoms with E-state index in [1.165, 1.54) is 0 Å². The number of aliphatic hydroxyl groups excluding tert-OH is 2. The van der Waals surface area contributed by atoms with E-state index in [2.05, 4.69) is 0 Å². The van der Waals surface area contributed by atoms with Gasteiger partial charge in [0.05, 0.1) is 24.7 Å². The van der Waals surface area contributed by atoms with Gasteiger partial charge in [0.1, 0.15) is 0 Å². The van der Waals surface area contributed by atoms with Crippen LogP contribution in [0.3, 0.4) is 0 Å². The normalized spacial score (nSPS) is 58.2. The summed E-state index contributed by atoms with van der Waals surface area (Å²) in [4.78, 5) is 11.3. The van der Waals surface area contributed by atoms with Gasteiger partial charge in [0.15, 0.2) is 0 Å². The van der Waals surface area contributed by atoms with Gasteiger partial charge in [-0.05, 0) is 6.42 Å². The molecule has 2 saturated carbocycles. The minimum atomic E-state index is -0.488. The van der Waals surface area contributed by atoms with Crippen molar-refractivity contribution in [2.45, 2.75) is 18.6 Å². The van der Waals surface area contributed by atoms with Crippen LogP contribution < -0.4 is 0 Å². The first-order chi connectivity index (χ1) is 6.20. The van der Waals surface area contributed by atoms with Gasteiger partial charge >= 0.3 is 5.97 Å². The van der Waals surface area contributed by atoms with Crippen molar-refractivity contribution in [1.29, 1.82) is 0 Å². The van der Waals surface area contributed by atoms with Crippen LogP contribution >= 0.6 is 0 Å². The summed E-state index contributed by atoms with van der Waals surface area (Å²) in [5.74, 6) is -0.426. The molecule has 0 radical (unpaired) electrons. The summed E-state index contributed by atoms with van der Waals surface area (Å²) in [6.45, 7) is 0.388. The van der Waals surface area contributed by atoms with Crippen molar-refractivity contribution in [1.82, 2.24) is 0 Å². The molecule has 4 heteroatoms. The second-order valence-corrected chi connectivity index (χ2v) is 4.35. The number of ether oxygens (including phenoxy) is 1. The Morgan fingerprint density at radius 1 is 1.31 bits per heavy atom. The highest BCUT2D eigenvalue weighted by Gasteiger charge is 2.63. The van der Waals surface area contributed by atoms with Gasteiger partial charge in [-0.2, -0.15) is 0 Å². The molecule has 0 aromatic rings. The van der Waals surface area contributed by atoms with Crippen molar-refractivity contribution in [2.24, 2.45) is 23.7 Å². The fraction of sp³-hybridized carbons (Fsp3) is 0.889. The maximum atomic E-state index is 11.3. The molecule has 0 aromatic carbocycles. The van der Waals surface area contributed by atoms with Crippen molar-refractivity contribution < 1.29 is 19.7 Å². The summed E-state index contributed by atoms with van der Waals surface area (Å²) >= 11 is 0. The largest absolute Gasteiger partial charge is 0.465 e. The van der Waals surface area contributed by atoms with Gasteiger partial charge in [0, 0.05) is 17.8 Å². The first-order valence-electron chi connectivity index (χ1n) is 4.73. The topological polar surface area (TPSA) is 66.8 Å². The standard InChI is InChI=1S/C9H12O4/c10-5-1-3-6-4(2-13-9(6)12)7(5)8(3)11/h3-8,10-11H,1-2H2/t3-,4+,5-,6+,7-,8-/m1/s1. The van der Waals surface area contributed by atoms with Crippen LogP contribution in [0.25, 0.3) is 0 Å². The molecule has 6 atom stereocenters. The fourth-order valence-electron chi connectivity index (χ4n) is 3.38. The Bertz CT molecular complexity index is 262. The Kier molecular flexibility index (Phi) is 1.34. The van der Waals surface area contributed by atoms with Gasteiger partial charge in [0.25, 0.3) is 0 Å². The molecule has 2 bridgehead atoms. The number of rotatable bonds is 0. The molecule has 0 spiro atoms. The molecule has 3 aliphatic rings. The first-order valence-corrected chi connectivity index (χ1v) is 4.73. The smallest absolute Gasteiger partial charge is 0.309 e. The van der Waals surface area contributed by atoms with Crippen LogP contribution in [0.1, 0.15) is 6.42 Å². The van der Waals surface area contributed by atoms with E-state index in [9.17, 15) is 15.0 Å². The zero-order valence-electron chi connectivity index (χ0n) is 7.09. The zero-order valence-corrected chi connectivity index (χ0v) is 7.09. The van der Waals surface area contributed by atoms with Gasteiger partial charge < -0.3 is 14.9 Å². The van der Waals surface area contributed by atoms with Gasteiger partial charge in [-0.3, -0.25) is 4.79 Å². The van der Waals surface area contributed by atoms with Gasteiger partial charge in [-0.1, -0.05) is 0 Å².